The molecule has 0 saturated carbocycles. The Morgan fingerprint density at radius 1 is 1.21 bits per heavy atom. The Bertz CT molecular complexity index is 1030. The molecule has 3 rings (SSSR count). The van der Waals surface area contributed by atoms with Gasteiger partial charge in [0.05, 0.1) is 32.0 Å². The summed E-state index contributed by atoms with van der Waals surface area (Å²) in [4.78, 5) is 4.39. The molecule has 6 nitrogen and oxygen atoms in total. The van der Waals surface area contributed by atoms with E-state index in [1.807, 2.05) is 35.3 Å². The summed E-state index contributed by atoms with van der Waals surface area (Å²) < 4.78 is 26.5. The van der Waals surface area contributed by atoms with Crippen LogP contribution in [0.2, 0.25) is 0 Å². The molecule has 1 atom stereocenters. The highest BCUT2D eigenvalue weighted by molar-refractivity contribution is 7.91. The number of nitrogens with one attached hydrogen (secondary N) is 1. The van der Waals surface area contributed by atoms with Crippen molar-refractivity contribution in [1.29, 1.82) is 0 Å². The molecule has 0 aliphatic carbocycles. The molecule has 1 heterocycles. The summed E-state index contributed by atoms with van der Waals surface area (Å²) in [5.74, 6) is -0.359. The van der Waals surface area contributed by atoms with Crippen molar-refractivity contribution in [3.05, 3.63) is 59.6 Å². The average molecular weight is 434 g/mol. The number of hydrazine groups is 1. The lowest BCUT2D eigenvalue weighted by molar-refractivity contribution is 0.0477. The monoisotopic (exact) mass is 433 g/mol. The van der Waals surface area contributed by atoms with Gasteiger partial charge in [-0.1, -0.05) is 37.3 Å². The van der Waals surface area contributed by atoms with E-state index in [4.69, 9.17) is 0 Å². The quantitative estimate of drug-likeness (QED) is 0.478. The average Bonchev–Trinajstić information content (AvgIpc) is 3.14. The van der Waals surface area contributed by atoms with Gasteiger partial charge in [0.1, 0.15) is 0 Å². The van der Waals surface area contributed by atoms with E-state index in [0.29, 0.717) is 6.54 Å². The maximum Gasteiger partial charge on any atom is 0.181 e. The SMILES string of the molecule is CCCN(Cc1ccccc1)NC[C@@](C)(O)CS(=O)(=O)c1ccc2ncsc2c1. The van der Waals surface area contributed by atoms with Crippen LogP contribution in [0.4, 0.5) is 0 Å². The molecule has 0 radical (unpaired) electrons. The minimum absolute atomic E-state index is 0.141. The van der Waals surface area contributed by atoms with Crippen LogP contribution >= 0.6 is 11.3 Å². The third-order valence-electron chi connectivity index (χ3n) is 4.56. The van der Waals surface area contributed by atoms with Crippen LogP contribution < -0.4 is 5.43 Å². The number of aromatic nitrogens is 1. The summed E-state index contributed by atoms with van der Waals surface area (Å²) in [7, 11) is -3.64. The molecule has 0 bridgehead atoms. The molecule has 2 N–H and O–H groups in total. The van der Waals surface area contributed by atoms with Crippen molar-refractivity contribution in [2.24, 2.45) is 0 Å². The summed E-state index contributed by atoms with van der Waals surface area (Å²) in [5.41, 5.74) is 5.43. The van der Waals surface area contributed by atoms with Gasteiger partial charge in [-0.15, -0.1) is 11.3 Å². The highest BCUT2D eigenvalue weighted by Crippen LogP contribution is 2.24. The predicted octanol–water partition coefficient (Wildman–Crippen LogP) is 3.24. The Kier molecular flexibility index (Phi) is 7.02. The Morgan fingerprint density at radius 2 is 1.97 bits per heavy atom. The number of fused-ring (bicyclic) bond motifs is 1. The molecule has 3 aromatic rings. The van der Waals surface area contributed by atoms with Crippen LogP contribution in [0.1, 0.15) is 25.8 Å². The fourth-order valence-electron chi connectivity index (χ4n) is 3.14. The van der Waals surface area contributed by atoms with Gasteiger partial charge in [-0.3, -0.25) is 5.43 Å². The lowest BCUT2D eigenvalue weighted by atomic mass is 10.1. The number of hydrogen-bond acceptors (Lipinski definition) is 7. The zero-order valence-electron chi connectivity index (χ0n) is 16.7. The summed E-state index contributed by atoms with van der Waals surface area (Å²) in [6, 6.07) is 14.9. The molecule has 156 valence electrons. The van der Waals surface area contributed by atoms with Gasteiger partial charge in [0.25, 0.3) is 0 Å². The zero-order valence-corrected chi connectivity index (χ0v) is 18.3. The van der Waals surface area contributed by atoms with Crippen LogP contribution in [-0.4, -0.2) is 48.0 Å². The second kappa shape index (κ2) is 9.32. The standard InChI is InChI=1S/C21H27N3O3S2/c1-3-11-24(13-17-7-5-4-6-8-17)23-14-21(2,25)15-29(26,27)18-9-10-19-20(12-18)28-16-22-19/h4-10,12,16,23,25H,3,11,13-15H2,1-2H3/t21-/m1/s1. The first-order valence-corrected chi connectivity index (χ1v) is 12.1. The van der Waals surface area contributed by atoms with Gasteiger partial charge in [-0.25, -0.2) is 18.4 Å². The van der Waals surface area contributed by atoms with Crippen LogP contribution in [0.15, 0.2) is 58.9 Å². The van der Waals surface area contributed by atoms with E-state index >= 15 is 0 Å². The molecule has 0 aliphatic rings. The van der Waals surface area contributed by atoms with Gasteiger partial charge < -0.3 is 5.11 Å². The molecule has 0 amide bonds. The number of thiazole rings is 1. The first-order chi connectivity index (χ1) is 13.8. The smallest absolute Gasteiger partial charge is 0.181 e. The van der Waals surface area contributed by atoms with Crippen LogP contribution in [-0.2, 0) is 16.4 Å². The van der Waals surface area contributed by atoms with E-state index in [-0.39, 0.29) is 17.2 Å². The Labute approximate surface area is 176 Å². The number of hydrogen-bond donors (Lipinski definition) is 2. The van der Waals surface area contributed by atoms with Gasteiger partial charge in [-0.05, 0) is 37.1 Å². The first-order valence-electron chi connectivity index (χ1n) is 9.60. The zero-order chi connectivity index (χ0) is 20.9. The molecule has 0 fully saturated rings. The van der Waals surface area contributed by atoms with Gasteiger partial charge in [0.15, 0.2) is 9.84 Å². The van der Waals surface area contributed by atoms with E-state index in [0.717, 1.165) is 28.7 Å². The number of rotatable bonds is 10. The molecule has 0 spiro atoms. The second-order valence-electron chi connectivity index (χ2n) is 7.48. The van der Waals surface area contributed by atoms with Crippen molar-refractivity contribution < 1.29 is 13.5 Å². The summed E-state index contributed by atoms with van der Waals surface area (Å²) >= 11 is 1.40. The minimum Gasteiger partial charge on any atom is -0.388 e. The van der Waals surface area contributed by atoms with E-state index in [1.165, 1.54) is 11.3 Å². The predicted molar refractivity (Wildman–Crippen MR) is 117 cm³/mol. The molecule has 0 saturated heterocycles. The molecular formula is C21H27N3O3S2. The molecule has 0 unspecified atom stereocenters. The fourth-order valence-corrected chi connectivity index (χ4v) is 5.59. The number of nitrogens with zero attached hydrogens (tertiary/aromatic N) is 2. The lowest BCUT2D eigenvalue weighted by Gasteiger charge is -2.29. The van der Waals surface area contributed by atoms with E-state index < -0.39 is 15.4 Å². The third-order valence-corrected chi connectivity index (χ3v) is 7.32. The van der Waals surface area contributed by atoms with Crippen molar-refractivity contribution in [1.82, 2.24) is 15.4 Å². The van der Waals surface area contributed by atoms with E-state index in [1.54, 1.807) is 30.6 Å². The van der Waals surface area contributed by atoms with Gasteiger partial charge in [-0.2, -0.15) is 0 Å². The summed E-state index contributed by atoms with van der Waals surface area (Å²) in [5, 5.41) is 12.8. The number of benzene rings is 2. The summed E-state index contributed by atoms with van der Waals surface area (Å²) in [6.45, 7) is 5.24. The van der Waals surface area contributed by atoms with Crippen LogP contribution in [0.5, 0.6) is 0 Å². The van der Waals surface area contributed by atoms with Crippen LogP contribution in [0.25, 0.3) is 10.2 Å². The Balaban J connectivity index is 1.65. The minimum atomic E-state index is -3.64. The van der Waals surface area contributed by atoms with Crippen molar-refractivity contribution in [3.63, 3.8) is 0 Å². The second-order valence-corrected chi connectivity index (χ2v) is 10.4. The maximum absolute atomic E-state index is 12.9. The van der Waals surface area contributed by atoms with E-state index in [9.17, 15) is 13.5 Å². The molecule has 29 heavy (non-hydrogen) atoms. The van der Waals surface area contributed by atoms with Gasteiger partial charge in [0.2, 0.25) is 0 Å². The number of sulfone groups is 1. The van der Waals surface area contributed by atoms with Crippen LogP contribution in [0.3, 0.4) is 0 Å². The topological polar surface area (TPSA) is 82.5 Å². The fraction of sp³-hybridized carbons (Fsp3) is 0.381. The van der Waals surface area contributed by atoms with Crippen molar-refractivity contribution in [2.75, 3.05) is 18.8 Å². The highest BCUT2D eigenvalue weighted by atomic mass is 32.2. The van der Waals surface area contributed by atoms with Gasteiger partial charge in [0, 0.05) is 19.6 Å². The Hall–Kier alpha value is -1.84. The number of aliphatic hydroxyl groups is 1. The largest absolute Gasteiger partial charge is 0.388 e. The normalized spacial score (nSPS) is 14.3. The van der Waals surface area contributed by atoms with Crippen molar-refractivity contribution in [2.45, 2.75) is 37.3 Å². The molecule has 8 heteroatoms. The van der Waals surface area contributed by atoms with E-state index in [2.05, 4.69) is 17.3 Å². The maximum atomic E-state index is 12.9. The Morgan fingerprint density at radius 3 is 2.69 bits per heavy atom. The van der Waals surface area contributed by atoms with Crippen molar-refractivity contribution in [3.8, 4) is 0 Å². The molecule has 2 aromatic carbocycles. The summed E-state index contributed by atoms with van der Waals surface area (Å²) in [6.07, 6.45) is 0.940. The highest BCUT2D eigenvalue weighted by Gasteiger charge is 2.30. The molecule has 0 aliphatic heterocycles. The third kappa shape index (κ3) is 6.07. The lowest BCUT2D eigenvalue weighted by Crippen LogP contribution is -2.49. The van der Waals surface area contributed by atoms with Gasteiger partial charge >= 0.3 is 0 Å². The molecule has 1 aromatic heterocycles. The first kappa shape index (κ1) is 21.9. The molecular weight excluding hydrogens is 406 g/mol. The van der Waals surface area contributed by atoms with Crippen LogP contribution in [0, 0.1) is 0 Å². The van der Waals surface area contributed by atoms with Crippen molar-refractivity contribution >= 4 is 31.4 Å².